The number of hydrogen-bond donors (Lipinski definition) is 2. The van der Waals surface area contributed by atoms with Crippen LogP contribution in [-0.4, -0.2) is 40.0 Å². The van der Waals surface area contributed by atoms with Crippen molar-refractivity contribution in [1.29, 1.82) is 0 Å². The van der Waals surface area contributed by atoms with Gasteiger partial charge in [0.15, 0.2) is 0 Å². The lowest BCUT2D eigenvalue weighted by Crippen LogP contribution is -2.59. The van der Waals surface area contributed by atoms with Gasteiger partial charge in [-0.3, -0.25) is 9.78 Å². The Morgan fingerprint density at radius 1 is 1.42 bits per heavy atom. The van der Waals surface area contributed by atoms with E-state index in [-0.39, 0.29) is 11.9 Å². The van der Waals surface area contributed by atoms with Crippen LogP contribution in [0.3, 0.4) is 0 Å². The summed E-state index contributed by atoms with van der Waals surface area (Å²) >= 11 is 0. The van der Waals surface area contributed by atoms with Gasteiger partial charge < -0.3 is 15.2 Å². The number of fused-ring (bicyclic) bond motifs is 1. The Morgan fingerprint density at radius 2 is 2.29 bits per heavy atom. The van der Waals surface area contributed by atoms with E-state index in [1.54, 1.807) is 6.20 Å². The molecule has 6 nitrogen and oxygen atoms in total. The number of hydrogen-bond acceptors (Lipinski definition) is 4. The summed E-state index contributed by atoms with van der Waals surface area (Å²) in [6, 6.07) is 6.25. The van der Waals surface area contributed by atoms with Crippen LogP contribution in [0.25, 0.3) is 22.2 Å². The zero-order valence-electron chi connectivity index (χ0n) is 13.1. The van der Waals surface area contributed by atoms with Gasteiger partial charge in [-0.1, -0.05) is 12.6 Å². The number of nitrogens with one attached hydrogen (secondary N) is 2. The van der Waals surface area contributed by atoms with Gasteiger partial charge in [-0.25, -0.2) is 4.98 Å². The molecule has 0 spiro atoms. The third kappa shape index (κ3) is 2.52. The molecule has 120 valence electrons. The van der Waals surface area contributed by atoms with Gasteiger partial charge in [-0.05, 0) is 18.2 Å². The molecule has 24 heavy (non-hydrogen) atoms. The second-order valence-electron chi connectivity index (χ2n) is 5.85. The largest absolute Gasteiger partial charge is 0.366 e. The van der Waals surface area contributed by atoms with E-state index in [1.165, 1.54) is 6.08 Å². The summed E-state index contributed by atoms with van der Waals surface area (Å²) in [5.74, 6) is -0.127. The number of carbonyl (C=O) groups excluding carboxylic acids is 1. The summed E-state index contributed by atoms with van der Waals surface area (Å²) < 4.78 is 0. The maximum absolute atomic E-state index is 11.3. The van der Waals surface area contributed by atoms with Crippen LogP contribution >= 0.6 is 0 Å². The van der Waals surface area contributed by atoms with Crippen LogP contribution in [0.1, 0.15) is 0 Å². The van der Waals surface area contributed by atoms with E-state index < -0.39 is 0 Å². The Hall–Kier alpha value is -3.15. The molecule has 2 N–H and O–H groups in total. The highest BCUT2D eigenvalue weighted by Gasteiger charge is 2.28. The number of aromatic nitrogens is 3. The molecule has 1 saturated heterocycles. The van der Waals surface area contributed by atoms with Crippen LogP contribution in [0, 0.1) is 0 Å². The second-order valence-corrected chi connectivity index (χ2v) is 5.85. The summed E-state index contributed by atoms with van der Waals surface area (Å²) in [6.45, 7) is 5.03. The molecule has 6 heteroatoms. The molecular weight excluding hydrogens is 302 g/mol. The maximum Gasteiger partial charge on any atom is 0.243 e. The number of aromatic amines is 1. The monoisotopic (exact) mass is 319 g/mol. The minimum absolute atomic E-state index is 0.127. The highest BCUT2D eigenvalue weighted by atomic mass is 16.1. The van der Waals surface area contributed by atoms with E-state index in [0.29, 0.717) is 0 Å². The van der Waals surface area contributed by atoms with E-state index in [9.17, 15) is 4.79 Å². The average molecular weight is 319 g/mol. The van der Waals surface area contributed by atoms with Crippen molar-refractivity contribution in [3.8, 4) is 11.1 Å². The smallest absolute Gasteiger partial charge is 0.243 e. The standard InChI is InChI=1S/C18H17N5O/c1-2-17(24)22-13-10-23(11-13)14-6-15-16(9-21-18(15)20-8-14)12-4-3-5-19-7-12/h2-9,13H,1,10-11H2,(H,20,21)(H,22,24). The number of pyridine rings is 2. The summed E-state index contributed by atoms with van der Waals surface area (Å²) in [5, 5.41) is 3.97. The van der Waals surface area contributed by atoms with Gasteiger partial charge in [0, 0.05) is 48.2 Å². The molecule has 3 aromatic rings. The van der Waals surface area contributed by atoms with Crippen molar-refractivity contribution in [2.45, 2.75) is 6.04 Å². The van der Waals surface area contributed by atoms with Gasteiger partial charge in [0.05, 0.1) is 17.9 Å². The van der Waals surface area contributed by atoms with Gasteiger partial charge in [0.2, 0.25) is 5.91 Å². The van der Waals surface area contributed by atoms with Gasteiger partial charge in [-0.15, -0.1) is 0 Å². The molecule has 1 aliphatic heterocycles. The van der Waals surface area contributed by atoms with Crippen molar-refractivity contribution in [2.24, 2.45) is 0 Å². The van der Waals surface area contributed by atoms with Gasteiger partial charge in [0.1, 0.15) is 5.65 Å². The van der Waals surface area contributed by atoms with E-state index in [4.69, 9.17) is 0 Å². The lowest BCUT2D eigenvalue weighted by molar-refractivity contribution is -0.117. The molecule has 4 rings (SSSR count). The summed E-state index contributed by atoms with van der Waals surface area (Å²) in [7, 11) is 0. The predicted molar refractivity (Wildman–Crippen MR) is 93.7 cm³/mol. The van der Waals surface area contributed by atoms with Crippen LogP contribution in [-0.2, 0) is 4.79 Å². The number of carbonyl (C=O) groups is 1. The molecule has 1 amide bonds. The van der Waals surface area contributed by atoms with Gasteiger partial charge in [-0.2, -0.15) is 0 Å². The van der Waals surface area contributed by atoms with Crippen molar-refractivity contribution in [1.82, 2.24) is 20.3 Å². The van der Waals surface area contributed by atoms with Crippen molar-refractivity contribution in [3.63, 3.8) is 0 Å². The third-order valence-corrected chi connectivity index (χ3v) is 4.27. The second kappa shape index (κ2) is 5.81. The zero-order valence-corrected chi connectivity index (χ0v) is 13.1. The van der Waals surface area contributed by atoms with Crippen molar-refractivity contribution >= 4 is 22.6 Å². The number of anilines is 1. The fourth-order valence-electron chi connectivity index (χ4n) is 2.97. The molecule has 4 heterocycles. The molecule has 0 bridgehead atoms. The number of H-pyrrole nitrogens is 1. The first-order valence-corrected chi connectivity index (χ1v) is 7.80. The first kappa shape index (κ1) is 14.4. The van der Waals surface area contributed by atoms with Crippen LogP contribution in [0.5, 0.6) is 0 Å². The molecular formula is C18H17N5O. The van der Waals surface area contributed by atoms with E-state index in [1.807, 2.05) is 30.7 Å². The van der Waals surface area contributed by atoms with Crippen molar-refractivity contribution in [2.75, 3.05) is 18.0 Å². The van der Waals surface area contributed by atoms with Crippen LogP contribution in [0.2, 0.25) is 0 Å². The Kier molecular flexibility index (Phi) is 3.49. The van der Waals surface area contributed by atoms with Crippen molar-refractivity contribution in [3.05, 3.63) is 55.6 Å². The molecule has 3 aromatic heterocycles. The molecule has 1 aliphatic rings. The Morgan fingerprint density at radius 3 is 3.04 bits per heavy atom. The van der Waals surface area contributed by atoms with Crippen LogP contribution < -0.4 is 10.2 Å². The SMILES string of the molecule is C=CC(=O)NC1CN(c2cnc3[nH]cc(-c4cccnc4)c3c2)C1. The molecule has 0 radical (unpaired) electrons. The third-order valence-electron chi connectivity index (χ3n) is 4.27. The maximum atomic E-state index is 11.3. The topological polar surface area (TPSA) is 73.9 Å². The molecule has 0 saturated carbocycles. The van der Waals surface area contributed by atoms with Crippen molar-refractivity contribution < 1.29 is 4.79 Å². The minimum Gasteiger partial charge on any atom is -0.366 e. The Labute approximate surface area is 139 Å². The fourth-order valence-corrected chi connectivity index (χ4v) is 2.97. The minimum atomic E-state index is -0.127. The fraction of sp³-hybridized carbons (Fsp3) is 0.167. The highest BCUT2D eigenvalue weighted by Crippen LogP contribution is 2.31. The summed E-state index contributed by atoms with van der Waals surface area (Å²) in [6.07, 6.45) is 8.73. The number of rotatable bonds is 4. The first-order chi connectivity index (χ1) is 11.7. The van der Waals surface area contributed by atoms with Gasteiger partial charge in [0.25, 0.3) is 0 Å². The molecule has 1 fully saturated rings. The molecule has 0 aromatic carbocycles. The molecule has 0 aliphatic carbocycles. The van der Waals surface area contributed by atoms with E-state index >= 15 is 0 Å². The lowest BCUT2D eigenvalue weighted by atomic mass is 10.1. The number of amides is 1. The highest BCUT2D eigenvalue weighted by molar-refractivity contribution is 5.95. The van der Waals surface area contributed by atoms with Gasteiger partial charge >= 0.3 is 0 Å². The van der Waals surface area contributed by atoms with E-state index in [0.717, 1.165) is 40.9 Å². The van der Waals surface area contributed by atoms with Crippen LogP contribution in [0.4, 0.5) is 5.69 Å². The summed E-state index contributed by atoms with van der Waals surface area (Å²) in [5.41, 5.74) is 4.05. The average Bonchev–Trinajstić information content (AvgIpc) is 3.01. The predicted octanol–water partition coefficient (Wildman–Crippen LogP) is 2.12. The number of nitrogens with zero attached hydrogens (tertiary/aromatic N) is 3. The van der Waals surface area contributed by atoms with E-state index in [2.05, 4.69) is 37.8 Å². The molecule has 0 unspecified atom stereocenters. The first-order valence-electron chi connectivity index (χ1n) is 7.80. The molecule has 0 atom stereocenters. The zero-order chi connectivity index (χ0) is 16.5. The summed E-state index contributed by atoms with van der Waals surface area (Å²) in [4.78, 5) is 25.4. The lowest BCUT2D eigenvalue weighted by Gasteiger charge is -2.40. The Bertz CT molecular complexity index is 896. The normalized spacial score (nSPS) is 14.4. The Balaban J connectivity index is 1.58. The van der Waals surface area contributed by atoms with Crippen LogP contribution in [0.15, 0.2) is 55.6 Å². The quantitative estimate of drug-likeness (QED) is 0.722.